The largest absolute Gasteiger partial charge is 0.180 e. The maximum Gasteiger partial charge on any atom is 0.180 e. The minimum absolute atomic E-state index is 0.677. The summed E-state index contributed by atoms with van der Waals surface area (Å²) in [4.78, 5) is 0. The van der Waals surface area contributed by atoms with Crippen LogP contribution < -0.4 is 0 Å². The molecule has 1 aliphatic heterocycles. The van der Waals surface area contributed by atoms with Crippen LogP contribution in [-0.2, 0) is 0 Å². The van der Waals surface area contributed by atoms with E-state index < -0.39 is 0 Å². The maximum absolute atomic E-state index is 2.40. The summed E-state index contributed by atoms with van der Waals surface area (Å²) in [5.41, 5.74) is 4.65. The molecule has 15 heavy (non-hydrogen) atoms. The molecule has 1 radical (unpaired) electrons. The van der Waals surface area contributed by atoms with Crippen molar-refractivity contribution >= 4 is 7.28 Å². The Kier molecular flexibility index (Phi) is 7.55. The van der Waals surface area contributed by atoms with Gasteiger partial charge in [-0.25, -0.2) is 0 Å². The Bertz CT molecular complexity index is 234. The summed E-state index contributed by atoms with van der Waals surface area (Å²) in [5, 5.41) is 0. The van der Waals surface area contributed by atoms with E-state index in [4.69, 9.17) is 0 Å². The molecule has 0 nitrogen and oxygen atoms in total. The highest BCUT2D eigenvalue weighted by atomic mass is 14.1. The maximum atomic E-state index is 2.40. The molecule has 1 heterocycles. The van der Waals surface area contributed by atoms with E-state index in [9.17, 15) is 0 Å². The van der Waals surface area contributed by atoms with Crippen LogP contribution in [0.25, 0.3) is 0 Å². The number of allylic oxidation sites excluding steroid dienone is 4. The molecule has 0 N–H and O–H groups in total. The minimum atomic E-state index is 0.677. The number of hydrogen-bond donors (Lipinski definition) is 0. The molecule has 1 heteroatoms. The molecule has 0 bridgehead atoms. The van der Waals surface area contributed by atoms with E-state index in [0.717, 1.165) is 0 Å². The predicted octanol–water partition coefficient (Wildman–Crippen LogP) is 4.73. The molecule has 1 rings (SSSR count). The molecule has 0 amide bonds. The van der Waals surface area contributed by atoms with Gasteiger partial charge in [0, 0.05) is 0 Å². The number of rotatable bonds is 4. The fourth-order valence-electron chi connectivity index (χ4n) is 1.79. The zero-order chi connectivity index (χ0) is 11.8. The molecule has 0 spiro atoms. The lowest BCUT2D eigenvalue weighted by Gasteiger charge is -2.04. The zero-order valence-electron chi connectivity index (χ0n) is 11.4. The van der Waals surface area contributed by atoms with Crippen LogP contribution in [-0.4, -0.2) is 7.28 Å². The second-order valence-electron chi connectivity index (χ2n) is 4.10. The standard InChI is InChI=1S/C12H20B.C2H6/c1-5-7-10-8-12(9(3)4)13-11(10)6-2;1-2/h8-9H,5-7H2,1-4H3;1-2H3. The first-order chi connectivity index (χ1) is 7.19. The fraction of sp³-hybridized carbons (Fsp3) is 0.714. The molecule has 0 unspecified atom stereocenters. The Morgan fingerprint density at radius 2 is 1.80 bits per heavy atom. The van der Waals surface area contributed by atoms with Crippen LogP contribution in [0.4, 0.5) is 0 Å². The SMILES string of the molecule is CC.CCCC1=C(CC)[B]C(C(C)C)=C1. The van der Waals surface area contributed by atoms with Crippen LogP contribution in [0, 0.1) is 5.92 Å². The summed E-state index contributed by atoms with van der Waals surface area (Å²) in [6.07, 6.45) is 6.08. The second-order valence-corrected chi connectivity index (χ2v) is 4.10. The lowest BCUT2D eigenvalue weighted by molar-refractivity contribution is 0.810. The lowest BCUT2D eigenvalue weighted by atomic mass is 9.61. The van der Waals surface area contributed by atoms with Crippen molar-refractivity contribution in [3.63, 3.8) is 0 Å². The molecule has 0 saturated heterocycles. The van der Waals surface area contributed by atoms with Gasteiger partial charge >= 0.3 is 0 Å². The minimum Gasteiger partial charge on any atom is -0.100 e. The Morgan fingerprint density at radius 3 is 2.20 bits per heavy atom. The average Bonchev–Trinajstić information content (AvgIpc) is 2.65. The van der Waals surface area contributed by atoms with E-state index in [0.29, 0.717) is 5.92 Å². The van der Waals surface area contributed by atoms with E-state index in [1.54, 1.807) is 11.0 Å². The first-order valence-corrected chi connectivity index (χ1v) is 6.47. The normalized spacial score (nSPS) is 14.7. The first-order valence-electron chi connectivity index (χ1n) is 6.47. The van der Waals surface area contributed by atoms with Crippen molar-refractivity contribution in [1.29, 1.82) is 0 Å². The van der Waals surface area contributed by atoms with Gasteiger partial charge in [0.15, 0.2) is 7.28 Å². The third-order valence-electron chi connectivity index (χ3n) is 2.66. The van der Waals surface area contributed by atoms with Gasteiger partial charge < -0.3 is 0 Å². The van der Waals surface area contributed by atoms with Crippen molar-refractivity contribution in [3.8, 4) is 0 Å². The highest BCUT2D eigenvalue weighted by Crippen LogP contribution is 2.27. The highest BCUT2D eigenvalue weighted by molar-refractivity contribution is 6.55. The Balaban J connectivity index is 0.000000921. The van der Waals surface area contributed by atoms with Gasteiger partial charge in [0.2, 0.25) is 0 Å². The number of hydrogen-bond acceptors (Lipinski definition) is 0. The van der Waals surface area contributed by atoms with Crippen molar-refractivity contribution in [2.75, 3.05) is 0 Å². The predicted molar refractivity (Wildman–Crippen MR) is 72.2 cm³/mol. The van der Waals surface area contributed by atoms with Crippen LogP contribution >= 0.6 is 0 Å². The molecule has 0 fully saturated rings. The van der Waals surface area contributed by atoms with E-state index in [1.165, 1.54) is 24.7 Å². The van der Waals surface area contributed by atoms with E-state index in [-0.39, 0.29) is 0 Å². The summed E-state index contributed by atoms with van der Waals surface area (Å²) in [6.45, 7) is 13.0. The van der Waals surface area contributed by atoms with Crippen molar-refractivity contribution in [2.24, 2.45) is 5.92 Å². The van der Waals surface area contributed by atoms with Gasteiger partial charge in [0.1, 0.15) is 0 Å². The first kappa shape index (κ1) is 14.5. The average molecular weight is 205 g/mol. The van der Waals surface area contributed by atoms with Crippen molar-refractivity contribution < 1.29 is 0 Å². The van der Waals surface area contributed by atoms with E-state index in [2.05, 4.69) is 41.1 Å². The Labute approximate surface area is 97.1 Å². The van der Waals surface area contributed by atoms with Gasteiger partial charge in [0.25, 0.3) is 0 Å². The fourth-order valence-corrected chi connectivity index (χ4v) is 1.79. The smallest absolute Gasteiger partial charge is 0.100 e. The second kappa shape index (κ2) is 7.79. The van der Waals surface area contributed by atoms with E-state index >= 15 is 0 Å². The zero-order valence-corrected chi connectivity index (χ0v) is 11.4. The quantitative estimate of drug-likeness (QED) is 0.582. The monoisotopic (exact) mass is 205 g/mol. The lowest BCUT2D eigenvalue weighted by Crippen LogP contribution is -2.01. The molecule has 1 aliphatic rings. The van der Waals surface area contributed by atoms with Crippen LogP contribution in [0.15, 0.2) is 22.6 Å². The molecule has 0 aromatic heterocycles. The van der Waals surface area contributed by atoms with Gasteiger partial charge in [-0.1, -0.05) is 59.6 Å². The van der Waals surface area contributed by atoms with Crippen molar-refractivity contribution in [1.82, 2.24) is 0 Å². The van der Waals surface area contributed by atoms with Crippen LogP contribution in [0.5, 0.6) is 0 Å². The Morgan fingerprint density at radius 1 is 1.20 bits per heavy atom. The van der Waals surface area contributed by atoms with Gasteiger partial charge in [-0.2, -0.15) is 0 Å². The highest BCUT2D eigenvalue weighted by Gasteiger charge is 2.16. The molecular weight excluding hydrogens is 179 g/mol. The van der Waals surface area contributed by atoms with Crippen molar-refractivity contribution in [2.45, 2.75) is 60.8 Å². The van der Waals surface area contributed by atoms with Crippen LogP contribution in [0.3, 0.4) is 0 Å². The molecular formula is C14H26B. The molecule has 0 aromatic rings. The van der Waals surface area contributed by atoms with Gasteiger partial charge in [-0.15, -0.1) is 10.9 Å². The summed E-state index contributed by atoms with van der Waals surface area (Å²) in [6, 6.07) is 0. The molecule has 0 aliphatic carbocycles. The third kappa shape index (κ3) is 4.28. The molecule has 0 saturated carbocycles. The van der Waals surface area contributed by atoms with Gasteiger partial charge in [-0.3, -0.25) is 0 Å². The van der Waals surface area contributed by atoms with Crippen LogP contribution in [0.1, 0.15) is 60.8 Å². The topological polar surface area (TPSA) is 0 Å². The van der Waals surface area contributed by atoms with E-state index in [1.807, 2.05) is 13.8 Å². The summed E-state index contributed by atoms with van der Waals surface area (Å²) < 4.78 is 0. The van der Waals surface area contributed by atoms with Crippen LogP contribution in [0.2, 0.25) is 0 Å². The third-order valence-corrected chi connectivity index (χ3v) is 2.66. The Hall–Kier alpha value is -0.455. The summed E-state index contributed by atoms with van der Waals surface area (Å²) >= 11 is 0. The van der Waals surface area contributed by atoms with Gasteiger partial charge in [-0.05, 0) is 18.8 Å². The van der Waals surface area contributed by atoms with Gasteiger partial charge in [0.05, 0.1) is 0 Å². The molecule has 85 valence electrons. The summed E-state index contributed by atoms with van der Waals surface area (Å²) in [7, 11) is 2.38. The molecule has 0 atom stereocenters. The van der Waals surface area contributed by atoms with Crippen molar-refractivity contribution in [3.05, 3.63) is 22.6 Å². The molecule has 0 aromatic carbocycles. The summed E-state index contributed by atoms with van der Waals surface area (Å²) in [5.74, 6) is 0.677.